The van der Waals surface area contributed by atoms with E-state index in [0.29, 0.717) is 11.1 Å². The van der Waals surface area contributed by atoms with E-state index in [4.69, 9.17) is 18.9 Å². The van der Waals surface area contributed by atoms with Crippen LogP contribution in [0.2, 0.25) is 0 Å². The summed E-state index contributed by atoms with van der Waals surface area (Å²) in [6, 6.07) is 33.4. The number of hydrogen-bond donors (Lipinski definition) is 1. The molecule has 0 spiro atoms. The molecule has 1 saturated heterocycles. The quantitative estimate of drug-likeness (QED) is 0.108. The molecule has 1 heterocycles. The third-order valence-electron chi connectivity index (χ3n) is 6.78. The molecular weight excluding hydrogens is 630 g/mol. The van der Waals surface area contributed by atoms with E-state index in [1.165, 1.54) is 0 Å². The van der Waals surface area contributed by atoms with Crippen LogP contribution < -0.4 is 5.32 Å². The van der Waals surface area contributed by atoms with E-state index >= 15 is 0 Å². The van der Waals surface area contributed by atoms with Crippen LogP contribution in [0.15, 0.2) is 121 Å². The number of ether oxygens (including phenoxy) is 4. The molecule has 224 valence electrons. The second-order valence-electron chi connectivity index (χ2n) is 9.92. The van der Waals surface area contributed by atoms with Crippen LogP contribution in [-0.2, 0) is 18.9 Å². The number of benzene rings is 4. The summed E-state index contributed by atoms with van der Waals surface area (Å²) < 4.78 is 22.0. The van der Waals surface area contributed by atoms with Gasteiger partial charge in [0, 0.05) is 12.0 Å². The van der Waals surface area contributed by atoms with Gasteiger partial charge in [0.2, 0.25) is 4.63 Å². The minimum absolute atomic E-state index is 0.153. The Morgan fingerprint density at radius 3 is 1.59 bits per heavy atom. The van der Waals surface area contributed by atoms with Crippen molar-refractivity contribution in [1.82, 2.24) is 5.32 Å². The Morgan fingerprint density at radius 2 is 1.09 bits per heavy atom. The van der Waals surface area contributed by atoms with Crippen molar-refractivity contribution in [1.29, 1.82) is 0 Å². The van der Waals surface area contributed by atoms with Gasteiger partial charge in [-0.3, -0.25) is 4.79 Å². The average molecular weight is 659 g/mol. The van der Waals surface area contributed by atoms with Crippen molar-refractivity contribution in [2.75, 3.05) is 6.61 Å². The lowest BCUT2D eigenvalue weighted by Crippen LogP contribution is -2.62. The molecule has 4 aromatic rings. The molecule has 0 aliphatic carbocycles. The Hall–Kier alpha value is -4.80. The van der Waals surface area contributed by atoms with E-state index < -0.39 is 53.4 Å². The Bertz CT molecular complexity index is 1590. The van der Waals surface area contributed by atoms with Crippen molar-refractivity contribution in [3.05, 3.63) is 144 Å². The van der Waals surface area contributed by atoms with Crippen molar-refractivity contribution in [3.8, 4) is 0 Å². The molecule has 1 amide bonds. The number of amides is 1. The zero-order valence-corrected chi connectivity index (χ0v) is 24.9. The topological polar surface area (TPSA) is 117 Å². The third-order valence-corrected chi connectivity index (χ3v) is 7.49. The highest BCUT2D eigenvalue weighted by atomic mass is 79.9. The molecule has 1 fully saturated rings. The van der Waals surface area contributed by atoms with Crippen LogP contribution in [0.1, 0.15) is 47.9 Å². The zero-order valence-electron chi connectivity index (χ0n) is 23.3. The van der Waals surface area contributed by atoms with E-state index in [9.17, 15) is 19.2 Å². The Labute approximate surface area is 262 Å². The largest absolute Gasteiger partial charge is 0.459 e. The molecular formula is C34H28BrNO8. The summed E-state index contributed by atoms with van der Waals surface area (Å²) in [6.07, 6.45) is -3.69. The fourth-order valence-electron chi connectivity index (χ4n) is 4.63. The fourth-order valence-corrected chi connectivity index (χ4v) is 5.37. The van der Waals surface area contributed by atoms with Crippen LogP contribution in [0.3, 0.4) is 0 Å². The number of nitrogens with one attached hydrogen (secondary N) is 1. The van der Waals surface area contributed by atoms with E-state index in [2.05, 4.69) is 21.2 Å². The normalized spacial score (nSPS) is 21.0. The number of hydrogen-bond acceptors (Lipinski definition) is 8. The number of rotatable bonds is 9. The predicted molar refractivity (Wildman–Crippen MR) is 163 cm³/mol. The minimum Gasteiger partial charge on any atom is -0.459 e. The molecule has 0 saturated carbocycles. The molecule has 4 aromatic carbocycles. The summed E-state index contributed by atoms with van der Waals surface area (Å²) >= 11 is 3.49. The molecule has 44 heavy (non-hydrogen) atoms. The molecule has 1 aliphatic rings. The number of halogens is 1. The molecule has 1 N–H and O–H groups in total. The van der Waals surface area contributed by atoms with Crippen molar-refractivity contribution < 1.29 is 38.1 Å². The Kier molecular flexibility index (Phi) is 9.83. The smallest absolute Gasteiger partial charge is 0.338 e. The van der Waals surface area contributed by atoms with Crippen molar-refractivity contribution >= 4 is 39.7 Å². The average Bonchev–Trinajstić information content (AvgIpc) is 3.06. The van der Waals surface area contributed by atoms with E-state index in [1.807, 2.05) is 0 Å². The lowest BCUT2D eigenvalue weighted by molar-refractivity contribution is -0.196. The minimum atomic E-state index is -1.60. The summed E-state index contributed by atoms with van der Waals surface area (Å²) in [5, 5.41) is 2.79. The van der Waals surface area contributed by atoms with Gasteiger partial charge in [0.1, 0.15) is 18.8 Å². The van der Waals surface area contributed by atoms with Crippen LogP contribution in [0.25, 0.3) is 0 Å². The highest BCUT2D eigenvalue weighted by Gasteiger charge is 2.51. The van der Waals surface area contributed by atoms with Gasteiger partial charge in [-0.2, -0.15) is 0 Å². The molecule has 0 aromatic heterocycles. The third kappa shape index (κ3) is 7.77. The van der Waals surface area contributed by atoms with Crippen LogP contribution >= 0.6 is 15.9 Å². The predicted octanol–water partition coefficient (Wildman–Crippen LogP) is 5.56. The van der Waals surface area contributed by atoms with Crippen molar-refractivity contribution in [2.24, 2.45) is 0 Å². The van der Waals surface area contributed by atoms with Gasteiger partial charge in [-0.15, -0.1) is 0 Å². The summed E-state index contributed by atoms with van der Waals surface area (Å²) in [4.78, 5) is 52.5. The molecule has 0 unspecified atom stereocenters. The highest BCUT2D eigenvalue weighted by Crippen LogP contribution is 2.37. The lowest BCUT2D eigenvalue weighted by Gasteiger charge is -2.44. The molecule has 4 atom stereocenters. The van der Waals surface area contributed by atoms with E-state index in [0.717, 1.165) is 0 Å². The second kappa shape index (κ2) is 14.1. The van der Waals surface area contributed by atoms with Gasteiger partial charge in [0.25, 0.3) is 5.91 Å². The van der Waals surface area contributed by atoms with Crippen LogP contribution in [0.5, 0.6) is 0 Å². The van der Waals surface area contributed by atoms with Crippen molar-refractivity contribution in [2.45, 2.75) is 29.4 Å². The molecule has 9 nitrogen and oxygen atoms in total. The maximum atomic E-state index is 13.2. The Balaban J connectivity index is 1.46. The molecule has 0 radical (unpaired) electrons. The molecule has 5 rings (SSSR count). The summed E-state index contributed by atoms with van der Waals surface area (Å²) in [5.74, 6) is -2.49. The SMILES string of the molecule is O=C(N[C@]1(Br)C[C@@H](OC(=O)c2ccccc2)[C@H](OC(=O)c2ccccc2)[C@@H](COC(=O)c2ccccc2)O1)c1ccccc1. The Morgan fingerprint density at radius 1 is 0.659 bits per heavy atom. The maximum Gasteiger partial charge on any atom is 0.338 e. The summed E-state index contributed by atoms with van der Waals surface area (Å²) in [5.41, 5.74) is 1.19. The first-order chi connectivity index (χ1) is 21.3. The zero-order chi connectivity index (χ0) is 30.9. The maximum absolute atomic E-state index is 13.2. The molecule has 1 aliphatic heterocycles. The van der Waals surface area contributed by atoms with Gasteiger partial charge < -0.3 is 24.3 Å². The van der Waals surface area contributed by atoms with Gasteiger partial charge in [-0.1, -0.05) is 72.8 Å². The van der Waals surface area contributed by atoms with E-state index in [1.54, 1.807) is 121 Å². The number of carbonyl (C=O) groups excluding carboxylic acids is 4. The van der Waals surface area contributed by atoms with Gasteiger partial charge >= 0.3 is 17.9 Å². The second-order valence-corrected chi connectivity index (χ2v) is 11.2. The van der Waals surface area contributed by atoms with Gasteiger partial charge in [0.15, 0.2) is 6.10 Å². The monoisotopic (exact) mass is 657 g/mol. The molecule has 0 bridgehead atoms. The lowest BCUT2D eigenvalue weighted by atomic mass is 9.99. The molecule has 10 heteroatoms. The fraction of sp³-hybridized carbons (Fsp3) is 0.176. The van der Waals surface area contributed by atoms with Gasteiger partial charge in [-0.05, 0) is 64.5 Å². The number of alkyl halides is 1. The summed E-state index contributed by atoms with van der Waals surface area (Å²) in [7, 11) is 0. The van der Waals surface area contributed by atoms with Crippen LogP contribution in [0, 0.1) is 0 Å². The van der Waals surface area contributed by atoms with Gasteiger partial charge in [0.05, 0.1) is 16.7 Å². The summed E-state index contributed by atoms with van der Waals surface area (Å²) in [6.45, 7) is -0.394. The number of esters is 3. The highest BCUT2D eigenvalue weighted by molar-refractivity contribution is 9.10. The van der Waals surface area contributed by atoms with E-state index in [-0.39, 0.29) is 17.5 Å². The first-order valence-electron chi connectivity index (χ1n) is 13.8. The van der Waals surface area contributed by atoms with Gasteiger partial charge in [-0.25, -0.2) is 14.4 Å². The first kappa shape index (κ1) is 30.7. The first-order valence-corrected chi connectivity index (χ1v) is 14.6. The van der Waals surface area contributed by atoms with Crippen LogP contribution in [0.4, 0.5) is 0 Å². The van der Waals surface area contributed by atoms with Crippen molar-refractivity contribution in [3.63, 3.8) is 0 Å². The number of carbonyl (C=O) groups is 4. The van der Waals surface area contributed by atoms with Crippen LogP contribution in [-0.4, -0.2) is 53.4 Å². The standard InChI is InChI=1S/C34H28BrNO8/c35-34(36-30(37)23-13-5-1-6-14-23)21-27(42-32(39)25-17-9-3-10-18-25)29(43-33(40)26-19-11-4-12-20-26)28(44-34)22-41-31(38)24-15-7-2-8-16-24/h1-20,27-29H,21-22H2,(H,36,37)/t27-,28-,29+,34-/m1/s1.